The molecule has 0 radical (unpaired) electrons. The van der Waals surface area contributed by atoms with E-state index >= 15 is 0 Å². The molecule has 0 fully saturated rings. The van der Waals surface area contributed by atoms with E-state index in [0.29, 0.717) is 5.75 Å². The number of carbonyl (C=O) groups is 1. The molecule has 1 rings (SSSR count). The third kappa shape index (κ3) is 1.87. The number of aromatic nitrogens is 1. The number of esters is 1. The Morgan fingerprint density at radius 3 is 2.69 bits per heavy atom. The van der Waals surface area contributed by atoms with Crippen molar-refractivity contribution in [2.45, 2.75) is 0 Å². The Morgan fingerprint density at radius 1 is 1.54 bits per heavy atom. The lowest BCUT2D eigenvalue weighted by Gasteiger charge is -2.03. The van der Waals surface area contributed by atoms with Crippen LogP contribution in [0.1, 0.15) is 10.5 Å². The van der Waals surface area contributed by atoms with Crippen LogP contribution in [0.4, 0.5) is 0 Å². The zero-order valence-corrected chi connectivity index (χ0v) is 7.27. The van der Waals surface area contributed by atoms with Crippen molar-refractivity contribution in [3.8, 4) is 11.5 Å². The largest absolute Gasteiger partial charge is 0.505 e. The monoisotopic (exact) mass is 183 g/mol. The number of hydrogen-bond acceptors (Lipinski definition) is 5. The average Bonchev–Trinajstić information content (AvgIpc) is 2.16. The van der Waals surface area contributed by atoms with Gasteiger partial charge in [0.15, 0.2) is 11.4 Å². The first kappa shape index (κ1) is 9.31. The summed E-state index contributed by atoms with van der Waals surface area (Å²) >= 11 is 0. The summed E-state index contributed by atoms with van der Waals surface area (Å²) in [5.41, 5.74) is -0.122. The van der Waals surface area contributed by atoms with Gasteiger partial charge in [-0.2, -0.15) is 0 Å². The second kappa shape index (κ2) is 3.75. The van der Waals surface area contributed by atoms with Crippen LogP contribution in [-0.2, 0) is 4.74 Å². The molecule has 70 valence electrons. The Hall–Kier alpha value is -1.78. The summed E-state index contributed by atoms with van der Waals surface area (Å²) in [6, 6.07) is 1.29. The highest BCUT2D eigenvalue weighted by Gasteiger charge is 2.13. The summed E-state index contributed by atoms with van der Waals surface area (Å²) < 4.78 is 9.18. The molecule has 1 aromatic heterocycles. The second-order valence-electron chi connectivity index (χ2n) is 2.23. The van der Waals surface area contributed by atoms with Crippen molar-refractivity contribution in [1.29, 1.82) is 0 Å². The van der Waals surface area contributed by atoms with Gasteiger partial charge in [0.1, 0.15) is 5.75 Å². The predicted molar refractivity (Wildman–Crippen MR) is 43.8 cm³/mol. The van der Waals surface area contributed by atoms with Gasteiger partial charge >= 0.3 is 5.97 Å². The lowest BCUT2D eigenvalue weighted by Crippen LogP contribution is -2.04. The van der Waals surface area contributed by atoms with Gasteiger partial charge in [0.25, 0.3) is 0 Å². The number of rotatable bonds is 2. The van der Waals surface area contributed by atoms with Gasteiger partial charge in [0.2, 0.25) is 0 Å². The molecule has 0 aliphatic carbocycles. The van der Waals surface area contributed by atoms with Crippen LogP contribution in [0.3, 0.4) is 0 Å². The molecule has 13 heavy (non-hydrogen) atoms. The van der Waals surface area contributed by atoms with Gasteiger partial charge in [-0.3, -0.25) is 0 Å². The van der Waals surface area contributed by atoms with Crippen molar-refractivity contribution < 1.29 is 19.4 Å². The first-order valence-corrected chi connectivity index (χ1v) is 3.50. The molecule has 5 heteroatoms. The van der Waals surface area contributed by atoms with Crippen LogP contribution in [-0.4, -0.2) is 30.3 Å². The van der Waals surface area contributed by atoms with Gasteiger partial charge in [-0.1, -0.05) is 0 Å². The van der Waals surface area contributed by atoms with Crippen molar-refractivity contribution >= 4 is 5.97 Å². The molecule has 0 unspecified atom stereocenters. The fraction of sp³-hybridized carbons (Fsp3) is 0.250. The standard InChI is InChI=1S/C8H9NO4/c1-12-5-3-6(10)7(9-4-5)8(11)13-2/h3-4,10H,1-2H3. The molecule has 0 amide bonds. The normalized spacial score (nSPS) is 9.38. The van der Waals surface area contributed by atoms with Gasteiger partial charge in [0.05, 0.1) is 20.4 Å². The molecule has 0 saturated heterocycles. The van der Waals surface area contributed by atoms with E-state index in [1.165, 1.54) is 26.5 Å². The Balaban J connectivity index is 3.05. The smallest absolute Gasteiger partial charge is 0.360 e. The molecule has 0 aliphatic heterocycles. The molecule has 1 N–H and O–H groups in total. The summed E-state index contributed by atoms with van der Waals surface area (Å²) in [4.78, 5) is 14.6. The molecular formula is C8H9NO4. The average molecular weight is 183 g/mol. The topological polar surface area (TPSA) is 68.7 Å². The molecule has 0 atom stereocenters. The van der Waals surface area contributed by atoms with Gasteiger partial charge in [-0.15, -0.1) is 0 Å². The van der Waals surface area contributed by atoms with Crippen LogP contribution in [0, 0.1) is 0 Å². The Bertz CT molecular complexity index is 324. The maximum absolute atomic E-state index is 10.9. The van der Waals surface area contributed by atoms with E-state index in [-0.39, 0.29) is 11.4 Å². The first-order valence-electron chi connectivity index (χ1n) is 3.50. The number of methoxy groups -OCH3 is 2. The molecule has 0 spiro atoms. The quantitative estimate of drug-likeness (QED) is 0.679. The zero-order valence-electron chi connectivity index (χ0n) is 7.27. The summed E-state index contributed by atoms with van der Waals surface area (Å²) in [6.07, 6.45) is 1.33. The van der Waals surface area contributed by atoms with E-state index in [1.54, 1.807) is 0 Å². The van der Waals surface area contributed by atoms with E-state index in [2.05, 4.69) is 9.72 Å². The van der Waals surface area contributed by atoms with Gasteiger partial charge < -0.3 is 14.6 Å². The number of carbonyl (C=O) groups excluding carboxylic acids is 1. The molecule has 0 aromatic carbocycles. The van der Waals surface area contributed by atoms with E-state index in [0.717, 1.165) is 0 Å². The minimum Gasteiger partial charge on any atom is -0.505 e. The minimum atomic E-state index is -0.680. The number of aromatic hydroxyl groups is 1. The molecule has 0 bridgehead atoms. The maximum atomic E-state index is 10.9. The van der Waals surface area contributed by atoms with Crippen LogP contribution >= 0.6 is 0 Å². The van der Waals surface area contributed by atoms with Crippen molar-refractivity contribution in [3.05, 3.63) is 18.0 Å². The molecule has 5 nitrogen and oxygen atoms in total. The van der Waals surface area contributed by atoms with E-state index in [1.807, 2.05) is 0 Å². The fourth-order valence-electron chi connectivity index (χ4n) is 0.800. The summed E-state index contributed by atoms with van der Waals surface area (Å²) in [5, 5.41) is 9.28. The van der Waals surface area contributed by atoms with Crippen molar-refractivity contribution in [2.75, 3.05) is 14.2 Å². The van der Waals surface area contributed by atoms with Crippen LogP contribution in [0.15, 0.2) is 12.3 Å². The number of nitrogens with zero attached hydrogens (tertiary/aromatic N) is 1. The lowest BCUT2D eigenvalue weighted by atomic mass is 10.3. The van der Waals surface area contributed by atoms with E-state index in [4.69, 9.17) is 4.74 Å². The van der Waals surface area contributed by atoms with Gasteiger partial charge in [0, 0.05) is 6.07 Å². The maximum Gasteiger partial charge on any atom is 0.360 e. The van der Waals surface area contributed by atoms with Gasteiger partial charge in [-0.25, -0.2) is 9.78 Å². The van der Waals surface area contributed by atoms with Crippen molar-refractivity contribution in [1.82, 2.24) is 4.98 Å². The van der Waals surface area contributed by atoms with E-state index in [9.17, 15) is 9.90 Å². The van der Waals surface area contributed by atoms with Crippen molar-refractivity contribution in [2.24, 2.45) is 0 Å². The molecule has 0 aliphatic rings. The van der Waals surface area contributed by atoms with Crippen LogP contribution < -0.4 is 4.74 Å². The third-order valence-electron chi connectivity index (χ3n) is 1.46. The highest BCUT2D eigenvalue weighted by atomic mass is 16.5. The Labute approximate surface area is 74.9 Å². The summed E-state index contributed by atoms with van der Waals surface area (Å²) in [7, 11) is 2.65. The summed E-state index contributed by atoms with van der Waals surface area (Å²) in [5.74, 6) is -0.559. The minimum absolute atomic E-state index is 0.122. The number of hydrogen-bond donors (Lipinski definition) is 1. The fourth-order valence-corrected chi connectivity index (χ4v) is 0.800. The molecule has 1 aromatic rings. The first-order chi connectivity index (χ1) is 6.19. The summed E-state index contributed by atoms with van der Waals surface area (Å²) in [6.45, 7) is 0. The highest BCUT2D eigenvalue weighted by Crippen LogP contribution is 2.20. The van der Waals surface area contributed by atoms with Crippen LogP contribution in [0.25, 0.3) is 0 Å². The SMILES string of the molecule is COC(=O)c1ncc(OC)cc1O. The molecular weight excluding hydrogens is 174 g/mol. The zero-order chi connectivity index (χ0) is 9.84. The lowest BCUT2D eigenvalue weighted by molar-refractivity contribution is 0.0590. The number of ether oxygens (including phenoxy) is 2. The predicted octanol–water partition coefficient (Wildman–Crippen LogP) is 0.582. The van der Waals surface area contributed by atoms with Crippen LogP contribution in [0.2, 0.25) is 0 Å². The number of pyridine rings is 1. The van der Waals surface area contributed by atoms with Crippen LogP contribution in [0.5, 0.6) is 11.5 Å². The highest BCUT2D eigenvalue weighted by molar-refractivity contribution is 5.90. The molecule has 0 saturated carbocycles. The Kier molecular flexibility index (Phi) is 2.69. The third-order valence-corrected chi connectivity index (χ3v) is 1.46. The second-order valence-corrected chi connectivity index (χ2v) is 2.23. The van der Waals surface area contributed by atoms with E-state index < -0.39 is 5.97 Å². The van der Waals surface area contributed by atoms with Gasteiger partial charge in [-0.05, 0) is 0 Å². The van der Waals surface area contributed by atoms with Crippen molar-refractivity contribution in [3.63, 3.8) is 0 Å². The Morgan fingerprint density at radius 2 is 2.23 bits per heavy atom. The molecule has 1 heterocycles.